The highest BCUT2D eigenvalue weighted by Crippen LogP contribution is 2.38. The van der Waals surface area contributed by atoms with Crippen molar-refractivity contribution in [2.24, 2.45) is 45.9 Å². The van der Waals surface area contributed by atoms with Gasteiger partial charge in [-0.25, -0.2) is 38.1 Å². The number of alkyl halides is 3. The van der Waals surface area contributed by atoms with Crippen LogP contribution in [0.25, 0.3) is 0 Å². The molecular formula is C71H134F3N11O21P2. The predicted molar refractivity (Wildman–Crippen MR) is 403 cm³/mol. The molecule has 7 rings (SSSR count). The van der Waals surface area contributed by atoms with Gasteiger partial charge in [0.1, 0.15) is 23.6 Å². The fourth-order valence-electron chi connectivity index (χ4n) is 13.3. The fraction of sp³-hybridized carbons (Fsp3) is 0.859. The van der Waals surface area contributed by atoms with Gasteiger partial charge in [-0.3, -0.25) is 19.2 Å². The number of likely N-dealkylation sites (N-methyl/N-ethyl adjacent to an activating group) is 1. The highest BCUT2D eigenvalue weighted by molar-refractivity contribution is 7.70. The van der Waals surface area contributed by atoms with Crippen LogP contribution in [0.15, 0.2) is 4.99 Å². The molecule has 0 spiro atoms. The van der Waals surface area contributed by atoms with Crippen LogP contribution < -0.4 is 43.8 Å². The third kappa shape index (κ3) is 48.0. The van der Waals surface area contributed by atoms with Crippen LogP contribution in [0.2, 0.25) is 0 Å². The molecule has 0 radical (unpaired) electrons. The number of amides is 6. The van der Waals surface area contributed by atoms with Gasteiger partial charge in [0.2, 0.25) is 12.0 Å². The Hall–Kier alpha value is -5.86. The number of primary amides is 1. The van der Waals surface area contributed by atoms with E-state index in [0.717, 1.165) is 140 Å². The third-order valence-corrected chi connectivity index (χ3v) is 20.1. The number of halogens is 3. The van der Waals surface area contributed by atoms with Gasteiger partial charge in [-0.15, -0.1) is 0 Å². The number of rotatable bonds is 12. The molecule has 37 heteroatoms. The Labute approximate surface area is 637 Å². The number of nitrogens with one attached hydrogen (secondary N) is 5. The van der Waals surface area contributed by atoms with E-state index in [-0.39, 0.29) is 72.2 Å². The van der Waals surface area contributed by atoms with Gasteiger partial charge in [0, 0.05) is 48.3 Å². The Balaban J connectivity index is 0. The first kappa shape index (κ1) is 104. The Morgan fingerprint density at radius 3 is 1.11 bits per heavy atom. The smallest absolute Gasteiger partial charge is 0.481 e. The molecule has 0 aromatic carbocycles. The Morgan fingerprint density at radius 2 is 0.769 bits per heavy atom. The summed E-state index contributed by atoms with van der Waals surface area (Å²) >= 11 is 0. The van der Waals surface area contributed by atoms with Gasteiger partial charge >= 0.3 is 62.9 Å². The van der Waals surface area contributed by atoms with Gasteiger partial charge in [0.15, 0.2) is 0 Å². The second-order valence-electron chi connectivity index (χ2n) is 31.8. The number of carbonyl (C=O) groups is 9. The summed E-state index contributed by atoms with van der Waals surface area (Å²) < 4.78 is 68.6. The van der Waals surface area contributed by atoms with Crippen LogP contribution in [-0.4, -0.2) is 211 Å². The van der Waals surface area contributed by atoms with Gasteiger partial charge in [-0.1, -0.05) is 104 Å². The number of nitrogens with two attached hydrogens (primary N) is 3. The van der Waals surface area contributed by atoms with E-state index in [9.17, 15) is 60.7 Å². The van der Waals surface area contributed by atoms with Gasteiger partial charge in [0.05, 0.1) is 23.9 Å². The van der Waals surface area contributed by atoms with Crippen molar-refractivity contribution in [1.82, 2.24) is 36.4 Å². The van der Waals surface area contributed by atoms with E-state index in [1.807, 2.05) is 67.3 Å². The van der Waals surface area contributed by atoms with E-state index in [1.54, 1.807) is 26.9 Å². The van der Waals surface area contributed by atoms with Crippen molar-refractivity contribution in [3.63, 3.8) is 0 Å². The molecule has 14 atom stereocenters. The number of isocyanates is 1. The average Bonchev–Trinajstić information content (AvgIpc) is 0.856. The molecule has 0 aromatic heterocycles. The topological polar surface area (TPSA) is 511 Å². The molecule has 108 heavy (non-hydrogen) atoms. The summed E-state index contributed by atoms with van der Waals surface area (Å²) in [7, 11) is -1.08. The minimum Gasteiger partial charge on any atom is -0.481 e. The zero-order chi connectivity index (χ0) is 83.7. The van der Waals surface area contributed by atoms with Crippen LogP contribution in [0.3, 0.4) is 0 Å². The van der Waals surface area contributed by atoms with Gasteiger partial charge in [-0.2, -0.15) is 13.2 Å². The number of aliphatic imine (C=N–C) groups is 1. The van der Waals surface area contributed by atoms with Crippen LogP contribution >= 0.6 is 15.2 Å². The van der Waals surface area contributed by atoms with Gasteiger partial charge in [0.25, 0.3) is 0 Å². The van der Waals surface area contributed by atoms with Crippen LogP contribution in [-0.2, 0) is 47.3 Å². The summed E-state index contributed by atoms with van der Waals surface area (Å²) in [6, 6.07) is 0.0924. The first-order valence-electron chi connectivity index (χ1n) is 37.4. The SMILES string of the molecule is C=O.CC(C)(C)OC(=O)N[C@H]1CCCC[C@H]1C(N)=O.CC(C)(C)OC(=O)N[C@H]1CCCC[C@H]1N=C=O.CN(C)[C@H]1CCCC[C@H]1NC(=O)P(=O)(O)O.C[C@@H]1CCCC[C@@H]1N(C)C.C[C@@H]1CCCC[C@@H]1NC(=O)OC(C)(C)C.N[C@H]1CCCC[C@H]1C(=O)O.N[C@H]1CCCC[C@H]1NC(=O)P(=O)(O)O.O=C(O)C(F)(F)F. The van der Waals surface area contributed by atoms with Crippen molar-refractivity contribution in [3.05, 3.63) is 0 Å². The highest BCUT2D eigenvalue weighted by atomic mass is 31.2. The molecule has 17 N–H and O–H groups in total. The molecule has 630 valence electrons. The number of hydrogen-bond donors (Lipinski definition) is 14. The number of carbonyl (C=O) groups excluding carboxylic acids is 8. The second-order valence-corrected chi connectivity index (χ2v) is 34.8. The number of alkyl carbamates (subject to hydrolysis) is 3. The van der Waals surface area contributed by atoms with E-state index in [2.05, 4.69) is 64.4 Å². The molecule has 7 aliphatic carbocycles. The zero-order valence-electron chi connectivity index (χ0n) is 66.5. The Morgan fingerprint density at radius 1 is 0.454 bits per heavy atom. The van der Waals surface area contributed by atoms with Crippen molar-refractivity contribution in [1.29, 1.82) is 0 Å². The molecule has 0 aromatic rings. The predicted octanol–water partition coefficient (Wildman–Crippen LogP) is 10.9. The lowest BCUT2D eigenvalue weighted by Gasteiger charge is -2.36. The lowest BCUT2D eigenvalue weighted by Crippen LogP contribution is -2.50. The molecular weight excluding hydrogens is 1460 g/mol. The third-order valence-electron chi connectivity index (χ3n) is 18.8. The average molecular weight is 1600 g/mol. The van der Waals surface area contributed by atoms with Crippen molar-refractivity contribution in [3.8, 4) is 0 Å². The van der Waals surface area contributed by atoms with E-state index in [1.165, 1.54) is 44.9 Å². The van der Waals surface area contributed by atoms with E-state index in [0.29, 0.717) is 18.4 Å². The van der Waals surface area contributed by atoms with E-state index >= 15 is 0 Å². The number of aliphatic carboxylic acids is 2. The molecule has 0 unspecified atom stereocenters. The monoisotopic (exact) mass is 1600 g/mol. The quantitative estimate of drug-likeness (QED) is 0.0373. The molecule has 6 amide bonds. The van der Waals surface area contributed by atoms with Gasteiger partial charge < -0.3 is 102 Å². The number of carboxylic acid groups (broad SMARTS) is 2. The number of ether oxygens (including phenoxy) is 3. The molecule has 0 bridgehead atoms. The molecule has 7 saturated carbocycles. The summed E-state index contributed by atoms with van der Waals surface area (Å²) in [5.74, 6) is -2.88. The number of carboxylic acids is 2. The van der Waals surface area contributed by atoms with Crippen molar-refractivity contribution in [2.75, 3.05) is 28.2 Å². The lowest BCUT2D eigenvalue weighted by atomic mass is 9.84. The molecule has 32 nitrogen and oxygen atoms in total. The molecule has 7 fully saturated rings. The van der Waals surface area contributed by atoms with Crippen LogP contribution in [0.1, 0.15) is 256 Å². The molecule has 0 saturated heterocycles. The van der Waals surface area contributed by atoms with Gasteiger partial charge in [-0.05, 0) is 192 Å². The number of hydrogen-bond acceptors (Lipinski definition) is 20. The summed E-state index contributed by atoms with van der Waals surface area (Å²) in [5, 5.41) is 29.0. The first-order chi connectivity index (χ1) is 49.7. The highest BCUT2D eigenvalue weighted by Gasteiger charge is 2.39. The van der Waals surface area contributed by atoms with Crippen LogP contribution in [0.4, 0.5) is 37.1 Å². The molecule has 0 heterocycles. The number of nitrogens with zero attached hydrogens (tertiary/aromatic N) is 3. The minimum absolute atomic E-state index is 0.105. The largest absolute Gasteiger partial charge is 0.490 e. The maximum absolute atomic E-state index is 11.6. The summed E-state index contributed by atoms with van der Waals surface area (Å²) in [5.41, 5.74) is 12.8. The summed E-state index contributed by atoms with van der Waals surface area (Å²) in [6.45, 7) is 23.1. The molecule has 0 aliphatic heterocycles. The van der Waals surface area contributed by atoms with E-state index in [4.69, 9.17) is 70.8 Å². The van der Waals surface area contributed by atoms with Crippen molar-refractivity contribution >= 4 is 75.5 Å². The summed E-state index contributed by atoms with van der Waals surface area (Å²) in [4.78, 5) is 149. The second kappa shape index (κ2) is 51.6. The summed E-state index contributed by atoms with van der Waals surface area (Å²) in [6.07, 6.45) is 24.0. The standard InChI is InChI=1S/C12H20N2O3.C12H22N2O3.C12H23NO2.C9H19N2O4P.C9H19N.C7H15N2O4P.C7H13NO2.C2HF3O2.CH2O/c1-12(2,3)17-11(16)14-10-7-5-4-6-9(10)13-8-15;1-12(2,3)17-11(16)14-9-7-5-4-6-8(9)10(13)15;1-9-7-5-6-8-10(9)13-11(14)15-12(2,3)4;1-11(2)8-6-4-3-5-7(8)10-9(12)16(13,14)15;1-8-6-4-5-7-9(8)10(2)3;8-5-3-1-2-4-6(5)9-7(10)14(11,12)13;8-6-4-2-1-3-5(6)7(9)10;3-2(4,5)1(6)7;1-2/h9-10H,4-7H2,1-3H3,(H,14,16);8-9H,4-7H2,1-3H3,(H2,13,15)(H,14,16);9-10H,5-8H2,1-4H3,(H,13,14);7-8H,3-6H2,1-2H3,(H,10,12)(H2,13,14,15);8-9H,4-7H2,1-3H3;5-6H,1-4,8H2,(H,9,10)(H2,11,12,13);5-6H,1-4,8H2,(H,9,10);(H,6,7);1H2/t9-,10+;8-,9+;9-,10+;7-,8+;8-,9+;2*5-,6+;;/m1111101../s1. The maximum Gasteiger partial charge on any atom is 0.490 e. The van der Waals surface area contributed by atoms with Crippen LogP contribution in [0.5, 0.6) is 0 Å². The zero-order valence-corrected chi connectivity index (χ0v) is 68.3. The maximum atomic E-state index is 11.6. The van der Waals surface area contributed by atoms with Crippen LogP contribution in [0, 0.1) is 23.7 Å². The normalized spacial score (nSPS) is 26.4. The van der Waals surface area contributed by atoms with E-state index < -0.39 is 73.6 Å². The Kier molecular flexibility index (Phi) is 49.8. The van der Waals surface area contributed by atoms with Crippen molar-refractivity contribution in [2.45, 2.75) is 339 Å². The molecule has 7 aliphatic rings. The van der Waals surface area contributed by atoms with Crippen molar-refractivity contribution < 1.29 is 114 Å². The first-order valence-corrected chi connectivity index (χ1v) is 40.7. The Bertz CT molecular complexity index is 2790. The fourth-order valence-corrected chi connectivity index (χ4v) is 14.0. The lowest BCUT2D eigenvalue weighted by molar-refractivity contribution is -0.192. The minimum atomic E-state index is -5.08.